The van der Waals surface area contributed by atoms with E-state index < -0.39 is 0 Å². The quantitative estimate of drug-likeness (QED) is 0.312. The number of likely N-dealkylation sites (tertiary alicyclic amines) is 1. The summed E-state index contributed by atoms with van der Waals surface area (Å²) in [5.74, 6) is 3.38. The van der Waals surface area contributed by atoms with Gasteiger partial charge in [0.1, 0.15) is 18.1 Å². The van der Waals surface area contributed by atoms with Crippen molar-refractivity contribution >= 4 is 5.96 Å². The van der Waals surface area contributed by atoms with E-state index in [2.05, 4.69) is 37.9 Å². The molecule has 0 amide bonds. The first-order chi connectivity index (χ1) is 15.6. The number of methoxy groups -OCH3 is 2. The van der Waals surface area contributed by atoms with E-state index >= 15 is 0 Å². The molecule has 1 saturated heterocycles. The zero-order valence-electron chi connectivity index (χ0n) is 19.8. The Hall–Kier alpha value is -2.65. The van der Waals surface area contributed by atoms with Crippen LogP contribution in [0.15, 0.2) is 29.3 Å². The highest BCUT2D eigenvalue weighted by atomic mass is 16.5. The lowest BCUT2D eigenvalue weighted by Crippen LogP contribution is -2.43. The zero-order valence-corrected chi connectivity index (χ0v) is 19.8. The van der Waals surface area contributed by atoms with Crippen molar-refractivity contribution < 1.29 is 9.47 Å². The molecule has 2 aromatic rings. The number of ether oxygens (including phenoxy) is 2. The van der Waals surface area contributed by atoms with Crippen LogP contribution in [0.3, 0.4) is 0 Å². The molecule has 176 valence electrons. The van der Waals surface area contributed by atoms with Gasteiger partial charge in [-0.1, -0.05) is 12.1 Å². The van der Waals surface area contributed by atoms with E-state index in [1.165, 1.54) is 18.4 Å². The second-order valence-corrected chi connectivity index (χ2v) is 8.07. The molecular weight excluding hydrogens is 406 g/mol. The molecule has 1 fully saturated rings. The Morgan fingerprint density at radius 3 is 2.50 bits per heavy atom. The Balaban J connectivity index is 1.70. The third-order valence-electron chi connectivity index (χ3n) is 5.92. The van der Waals surface area contributed by atoms with Gasteiger partial charge in [-0.3, -0.25) is 4.90 Å². The van der Waals surface area contributed by atoms with E-state index in [-0.39, 0.29) is 6.04 Å². The smallest absolute Gasteiger partial charge is 0.191 e. The van der Waals surface area contributed by atoms with Gasteiger partial charge in [0.15, 0.2) is 11.8 Å². The Bertz CT molecular complexity index is 845. The van der Waals surface area contributed by atoms with Crippen LogP contribution in [0.1, 0.15) is 42.5 Å². The summed E-state index contributed by atoms with van der Waals surface area (Å²) in [5, 5.41) is 15.4. The number of aliphatic imine (C=N–C) groups is 1. The van der Waals surface area contributed by atoms with Crippen molar-refractivity contribution in [1.82, 2.24) is 30.3 Å². The molecule has 3 rings (SSSR count). The molecule has 0 spiro atoms. The van der Waals surface area contributed by atoms with Crippen LogP contribution in [0.2, 0.25) is 0 Å². The molecule has 9 nitrogen and oxygen atoms in total. The summed E-state index contributed by atoms with van der Waals surface area (Å²) in [7, 11) is 5.39. The van der Waals surface area contributed by atoms with Crippen LogP contribution < -0.4 is 15.4 Å². The number of nitrogens with one attached hydrogen (secondary N) is 2. The molecule has 1 aromatic carbocycles. The topological polar surface area (TPSA) is 88.8 Å². The fraction of sp³-hybridized carbons (Fsp3) is 0.609. The Morgan fingerprint density at radius 1 is 1.12 bits per heavy atom. The third-order valence-corrected chi connectivity index (χ3v) is 5.92. The fourth-order valence-electron chi connectivity index (χ4n) is 3.87. The number of hydrogen-bond donors (Lipinski definition) is 2. The highest BCUT2D eigenvalue weighted by Gasteiger charge is 2.23. The molecule has 9 heteroatoms. The van der Waals surface area contributed by atoms with Gasteiger partial charge in [-0.15, -0.1) is 10.2 Å². The molecule has 1 atom stereocenters. The minimum atomic E-state index is 0.270. The average Bonchev–Trinajstić information content (AvgIpc) is 3.46. The van der Waals surface area contributed by atoms with E-state index in [1.54, 1.807) is 14.2 Å². The first-order valence-corrected chi connectivity index (χ1v) is 11.4. The molecule has 1 unspecified atom stereocenters. The van der Waals surface area contributed by atoms with Gasteiger partial charge in [0.05, 0.1) is 13.2 Å². The van der Waals surface area contributed by atoms with Gasteiger partial charge < -0.3 is 24.7 Å². The number of guanidine groups is 1. The van der Waals surface area contributed by atoms with Crippen molar-refractivity contribution in [3.63, 3.8) is 0 Å². The van der Waals surface area contributed by atoms with Crippen LogP contribution in [-0.4, -0.2) is 72.6 Å². The maximum Gasteiger partial charge on any atom is 0.191 e. The number of rotatable bonds is 11. The normalized spacial score (nSPS) is 15.7. The summed E-state index contributed by atoms with van der Waals surface area (Å²) in [5.41, 5.74) is 1.28. The summed E-state index contributed by atoms with van der Waals surface area (Å²) < 4.78 is 12.5. The molecule has 0 bridgehead atoms. The molecule has 1 aromatic heterocycles. The molecular formula is C23H37N7O2. The van der Waals surface area contributed by atoms with Crippen molar-refractivity contribution in [3.05, 3.63) is 41.5 Å². The standard InChI is InChI=1S/C23H37N7O2/c1-18-27-28-22(29(18)2)17-26-23(24-12-7-15-31-3)25-16-21(30-13-5-6-14-30)19-8-10-20(32-4)11-9-19/h8-11,21H,5-7,12-17H2,1-4H3,(H2,24,25,26). The number of hydrogen-bond acceptors (Lipinski definition) is 6. The van der Waals surface area contributed by atoms with Crippen LogP contribution >= 0.6 is 0 Å². The second-order valence-electron chi connectivity index (χ2n) is 8.07. The maximum absolute atomic E-state index is 5.34. The number of aromatic nitrogens is 3. The number of aryl methyl sites for hydroxylation is 1. The predicted octanol–water partition coefficient (Wildman–Crippen LogP) is 2.04. The molecule has 2 N–H and O–H groups in total. The molecule has 2 heterocycles. The Morgan fingerprint density at radius 2 is 1.88 bits per heavy atom. The zero-order chi connectivity index (χ0) is 22.8. The first-order valence-electron chi connectivity index (χ1n) is 11.4. The van der Waals surface area contributed by atoms with Gasteiger partial charge in [-0.05, 0) is 57.0 Å². The highest BCUT2D eigenvalue weighted by molar-refractivity contribution is 5.79. The summed E-state index contributed by atoms with van der Waals surface area (Å²) >= 11 is 0. The number of benzene rings is 1. The molecule has 0 saturated carbocycles. The summed E-state index contributed by atoms with van der Waals surface area (Å²) in [6.07, 6.45) is 3.40. The minimum Gasteiger partial charge on any atom is -0.497 e. The van der Waals surface area contributed by atoms with E-state index in [9.17, 15) is 0 Å². The second kappa shape index (κ2) is 12.4. The summed E-state index contributed by atoms with van der Waals surface area (Å²) in [6.45, 7) is 6.90. The maximum atomic E-state index is 5.34. The van der Waals surface area contributed by atoms with Crippen molar-refractivity contribution in [2.24, 2.45) is 12.0 Å². The van der Waals surface area contributed by atoms with Crippen LogP contribution in [0.25, 0.3) is 0 Å². The van der Waals surface area contributed by atoms with Crippen LogP contribution in [0.4, 0.5) is 0 Å². The first kappa shape index (κ1) is 24.0. The molecule has 1 aliphatic rings. The van der Waals surface area contributed by atoms with E-state index in [4.69, 9.17) is 14.5 Å². The van der Waals surface area contributed by atoms with E-state index in [0.29, 0.717) is 13.2 Å². The molecule has 1 aliphatic heterocycles. The number of nitrogens with zero attached hydrogens (tertiary/aromatic N) is 5. The molecule has 0 aliphatic carbocycles. The van der Waals surface area contributed by atoms with E-state index in [0.717, 1.165) is 56.0 Å². The summed E-state index contributed by atoms with van der Waals surface area (Å²) in [6, 6.07) is 8.66. The van der Waals surface area contributed by atoms with Gasteiger partial charge in [0.25, 0.3) is 0 Å². The minimum absolute atomic E-state index is 0.270. The largest absolute Gasteiger partial charge is 0.497 e. The van der Waals surface area contributed by atoms with Crippen LogP contribution in [-0.2, 0) is 18.3 Å². The molecule has 0 radical (unpaired) electrons. The lowest BCUT2D eigenvalue weighted by Gasteiger charge is -2.29. The van der Waals surface area contributed by atoms with Crippen molar-refractivity contribution in [2.45, 2.75) is 38.8 Å². The average molecular weight is 444 g/mol. The Labute approximate surface area is 191 Å². The predicted molar refractivity (Wildman–Crippen MR) is 126 cm³/mol. The van der Waals surface area contributed by atoms with Crippen LogP contribution in [0.5, 0.6) is 5.75 Å². The van der Waals surface area contributed by atoms with E-state index in [1.807, 2.05) is 30.7 Å². The van der Waals surface area contributed by atoms with Gasteiger partial charge >= 0.3 is 0 Å². The Kier molecular flexibility index (Phi) is 9.30. The van der Waals surface area contributed by atoms with Crippen molar-refractivity contribution in [1.29, 1.82) is 0 Å². The van der Waals surface area contributed by atoms with Gasteiger partial charge in [-0.25, -0.2) is 4.99 Å². The summed E-state index contributed by atoms with van der Waals surface area (Å²) in [4.78, 5) is 7.32. The van der Waals surface area contributed by atoms with Gasteiger partial charge in [0.2, 0.25) is 0 Å². The lowest BCUT2D eigenvalue weighted by molar-refractivity contribution is 0.195. The fourth-order valence-corrected chi connectivity index (χ4v) is 3.87. The van der Waals surface area contributed by atoms with Gasteiger partial charge in [0, 0.05) is 33.9 Å². The molecule has 32 heavy (non-hydrogen) atoms. The van der Waals surface area contributed by atoms with Crippen molar-refractivity contribution in [2.75, 3.05) is 47.0 Å². The van der Waals surface area contributed by atoms with Gasteiger partial charge in [-0.2, -0.15) is 0 Å². The lowest BCUT2D eigenvalue weighted by atomic mass is 10.1. The third kappa shape index (κ3) is 6.67. The SMILES string of the molecule is COCCCNC(=NCc1nnc(C)n1C)NCC(c1ccc(OC)cc1)N1CCCC1. The van der Waals surface area contributed by atoms with Crippen molar-refractivity contribution in [3.8, 4) is 5.75 Å². The highest BCUT2D eigenvalue weighted by Crippen LogP contribution is 2.26. The van der Waals surface area contributed by atoms with Crippen LogP contribution in [0, 0.1) is 6.92 Å². The monoisotopic (exact) mass is 443 g/mol.